The summed E-state index contributed by atoms with van der Waals surface area (Å²) in [5.41, 5.74) is 12.8. The first-order valence-corrected chi connectivity index (χ1v) is 8.32. The molecule has 2 aromatic carbocycles. The third-order valence-electron chi connectivity index (χ3n) is 4.58. The van der Waals surface area contributed by atoms with Crippen molar-refractivity contribution in [3.05, 3.63) is 53.6 Å². The Hall–Kier alpha value is -1.80. The molecule has 116 valence electrons. The summed E-state index contributed by atoms with van der Waals surface area (Å²) in [6.45, 7) is 3.24. The van der Waals surface area contributed by atoms with E-state index in [0.29, 0.717) is 0 Å². The number of benzene rings is 2. The molecule has 0 bridgehead atoms. The summed E-state index contributed by atoms with van der Waals surface area (Å²) >= 11 is 0. The van der Waals surface area contributed by atoms with Gasteiger partial charge in [0.25, 0.3) is 0 Å². The van der Waals surface area contributed by atoms with Gasteiger partial charge in [-0.05, 0) is 67.0 Å². The molecule has 0 radical (unpaired) electrons. The number of aryl methyl sites for hydroxylation is 2. The molecule has 1 unspecified atom stereocenters. The first-order valence-electron chi connectivity index (χ1n) is 8.32. The molecule has 0 fully saturated rings. The van der Waals surface area contributed by atoms with Gasteiger partial charge in [0.05, 0.1) is 0 Å². The van der Waals surface area contributed by atoms with Crippen LogP contribution in [-0.2, 0) is 12.8 Å². The van der Waals surface area contributed by atoms with Crippen LogP contribution in [-0.4, -0.2) is 19.6 Å². The Morgan fingerprint density at radius 2 is 1.95 bits per heavy atom. The fourth-order valence-corrected chi connectivity index (χ4v) is 3.27. The highest BCUT2D eigenvalue weighted by molar-refractivity contribution is 5.70. The van der Waals surface area contributed by atoms with E-state index < -0.39 is 0 Å². The van der Waals surface area contributed by atoms with Crippen LogP contribution in [0, 0.1) is 0 Å². The monoisotopic (exact) mass is 294 g/mol. The van der Waals surface area contributed by atoms with Gasteiger partial charge in [-0.1, -0.05) is 30.3 Å². The van der Waals surface area contributed by atoms with Crippen molar-refractivity contribution in [2.24, 2.45) is 5.73 Å². The normalized spacial score (nSPS) is 15.5. The summed E-state index contributed by atoms with van der Waals surface area (Å²) < 4.78 is 0. The molecule has 2 aromatic rings. The number of rotatable bonds is 4. The number of anilines is 1. The van der Waals surface area contributed by atoms with Crippen LogP contribution in [0.1, 0.15) is 30.9 Å². The van der Waals surface area contributed by atoms with Crippen LogP contribution in [0.4, 0.5) is 5.69 Å². The molecule has 3 rings (SSSR count). The molecule has 1 aliphatic heterocycles. The maximum absolute atomic E-state index is 5.87. The van der Waals surface area contributed by atoms with E-state index >= 15 is 0 Å². The summed E-state index contributed by atoms with van der Waals surface area (Å²) in [5.74, 6) is 0. The van der Waals surface area contributed by atoms with Gasteiger partial charge in [-0.15, -0.1) is 0 Å². The molecule has 0 saturated carbocycles. The lowest BCUT2D eigenvalue weighted by Crippen LogP contribution is -2.24. The molecule has 0 aromatic heterocycles. The lowest BCUT2D eigenvalue weighted by Gasteiger charge is -2.27. The zero-order valence-electron chi connectivity index (χ0n) is 13.7. The molecule has 1 aliphatic rings. The predicted octanol–water partition coefficient (Wildman–Crippen LogP) is 4.02. The van der Waals surface area contributed by atoms with Crippen LogP contribution in [0.15, 0.2) is 42.5 Å². The molecule has 0 spiro atoms. The van der Waals surface area contributed by atoms with E-state index in [0.717, 1.165) is 12.8 Å². The van der Waals surface area contributed by atoms with Crippen molar-refractivity contribution >= 4 is 5.69 Å². The van der Waals surface area contributed by atoms with Crippen molar-refractivity contribution in [1.29, 1.82) is 0 Å². The lowest BCUT2D eigenvalue weighted by atomic mass is 9.95. The van der Waals surface area contributed by atoms with Gasteiger partial charge >= 0.3 is 0 Å². The van der Waals surface area contributed by atoms with Crippen molar-refractivity contribution in [1.82, 2.24) is 0 Å². The summed E-state index contributed by atoms with van der Waals surface area (Å²) in [5, 5.41) is 0. The molecule has 2 heteroatoms. The van der Waals surface area contributed by atoms with Crippen LogP contribution in [0.2, 0.25) is 0 Å². The van der Waals surface area contributed by atoms with Gasteiger partial charge < -0.3 is 10.6 Å². The Kier molecular flexibility index (Phi) is 4.49. The van der Waals surface area contributed by atoms with Crippen LogP contribution >= 0.6 is 0 Å². The second-order valence-electron chi connectivity index (χ2n) is 6.58. The third kappa shape index (κ3) is 3.33. The van der Waals surface area contributed by atoms with Crippen molar-refractivity contribution in [2.75, 3.05) is 18.5 Å². The van der Waals surface area contributed by atoms with E-state index in [-0.39, 0.29) is 6.04 Å². The largest absolute Gasteiger partial charge is 0.374 e. The maximum Gasteiger partial charge on any atom is 0.0396 e. The predicted molar refractivity (Wildman–Crippen MR) is 95.4 cm³/mol. The second-order valence-corrected chi connectivity index (χ2v) is 6.58. The number of fused-ring (bicyclic) bond motifs is 1. The van der Waals surface area contributed by atoms with Gasteiger partial charge in [0.15, 0.2) is 0 Å². The van der Waals surface area contributed by atoms with Crippen molar-refractivity contribution < 1.29 is 0 Å². The maximum atomic E-state index is 5.87. The van der Waals surface area contributed by atoms with E-state index in [1.165, 1.54) is 47.3 Å². The molecular weight excluding hydrogens is 268 g/mol. The fraction of sp³-hybridized carbons (Fsp3) is 0.400. The number of nitrogens with two attached hydrogens (primary N) is 1. The number of hydrogen-bond acceptors (Lipinski definition) is 2. The average Bonchev–Trinajstić information content (AvgIpc) is 2.53. The molecule has 0 saturated heterocycles. The molecular formula is C20H26N2. The first-order chi connectivity index (χ1) is 10.6. The average molecular weight is 294 g/mol. The molecule has 0 amide bonds. The quantitative estimate of drug-likeness (QED) is 0.923. The van der Waals surface area contributed by atoms with Crippen molar-refractivity contribution in [3.63, 3.8) is 0 Å². The molecule has 22 heavy (non-hydrogen) atoms. The number of nitrogens with zero attached hydrogens (tertiary/aromatic N) is 1. The van der Waals surface area contributed by atoms with Gasteiger partial charge in [-0.2, -0.15) is 0 Å². The Morgan fingerprint density at radius 1 is 1.14 bits per heavy atom. The van der Waals surface area contributed by atoms with Crippen molar-refractivity contribution in [2.45, 2.75) is 38.6 Å². The summed E-state index contributed by atoms with van der Waals surface area (Å²) in [7, 11) is 2.19. The van der Waals surface area contributed by atoms with Gasteiger partial charge in [0.1, 0.15) is 0 Å². The van der Waals surface area contributed by atoms with Crippen LogP contribution in [0.3, 0.4) is 0 Å². The third-order valence-corrected chi connectivity index (χ3v) is 4.58. The highest BCUT2D eigenvalue weighted by Crippen LogP contribution is 2.31. The summed E-state index contributed by atoms with van der Waals surface area (Å²) in [4.78, 5) is 2.36. The molecule has 2 nitrogen and oxygen atoms in total. The second kappa shape index (κ2) is 6.53. The standard InChI is InChI=1S/C20H26N2/c1-15(21)8-9-16-5-3-6-17(13-16)18-10-11-20-19(14-18)7-4-12-22(20)2/h3,5-6,10-11,13-15H,4,7-9,12,21H2,1-2H3. The first kappa shape index (κ1) is 15.1. The van der Waals surface area contributed by atoms with Crippen LogP contribution < -0.4 is 10.6 Å². The zero-order valence-corrected chi connectivity index (χ0v) is 13.7. The Labute approximate surface area is 134 Å². The number of hydrogen-bond donors (Lipinski definition) is 1. The van der Waals surface area contributed by atoms with Crippen LogP contribution in [0.25, 0.3) is 11.1 Å². The topological polar surface area (TPSA) is 29.3 Å². The van der Waals surface area contributed by atoms with Gasteiger partial charge in [-0.25, -0.2) is 0 Å². The Morgan fingerprint density at radius 3 is 2.77 bits per heavy atom. The van der Waals surface area contributed by atoms with Gasteiger partial charge in [0.2, 0.25) is 0 Å². The van der Waals surface area contributed by atoms with E-state index in [2.05, 4.69) is 61.3 Å². The van der Waals surface area contributed by atoms with Crippen LogP contribution in [0.5, 0.6) is 0 Å². The SMILES string of the molecule is CC(N)CCc1cccc(-c2ccc3c(c2)CCCN3C)c1. The molecule has 0 aliphatic carbocycles. The fourth-order valence-electron chi connectivity index (χ4n) is 3.27. The van der Waals surface area contributed by atoms with Gasteiger partial charge in [0, 0.05) is 25.3 Å². The van der Waals surface area contributed by atoms with E-state index in [1.807, 2.05) is 0 Å². The van der Waals surface area contributed by atoms with E-state index in [9.17, 15) is 0 Å². The molecule has 1 heterocycles. The smallest absolute Gasteiger partial charge is 0.0396 e. The van der Waals surface area contributed by atoms with Crippen molar-refractivity contribution in [3.8, 4) is 11.1 Å². The minimum Gasteiger partial charge on any atom is -0.374 e. The molecule has 2 N–H and O–H groups in total. The minimum atomic E-state index is 0.267. The zero-order chi connectivity index (χ0) is 15.5. The lowest BCUT2D eigenvalue weighted by molar-refractivity contribution is 0.666. The highest BCUT2D eigenvalue weighted by atomic mass is 15.1. The summed E-state index contributed by atoms with van der Waals surface area (Å²) in [6.07, 6.45) is 4.54. The Balaban J connectivity index is 1.86. The minimum absolute atomic E-state index is 0.267. The van der Waals surface area contributed by atoms with E-state index in [1.54, 1.807) is 0 Å². The van der Waals surface area contributed by atoms with E-state index in [4.69, 9.17) is 5.73 Å². The Bertz CT molecular complexity index is 646. The molecule has 1 atom stereocenters. The highest BCUT2D eigenvalue weighted by Gasteiger charge is 2.14. The van der Waals surface area contributed by atoms with Gasteiger partial charge in [-0.3, -0.25) is 0 Å². The summed E-state index contributed by atoms with van der Waals surface area (Å²) in [6, 6.07) is 16.1.